The van der Waals surface area contributed by atoms with Crippen LogP contribution in [0.25, 0.3) is 0 Å². The Bertz CT molecular complexity index is 807. The van der Waals surface area contributed by atoms with E-state index in [0.717, 1.165) is 17.1 Å². The Morgan fingerprint density at radius 2 is 1.58 bits per heavy atom. The van der Waals surface area contributed by atoms with E-state index >= 15 is 0 Å². The number of hydrogen-bond acceptors (Lipinski definition) is 3. The summed E-state index contributed by atoms with van der Waals surface area (Å²) in [6.45, 7) is 1.25. The van der Waals surface area contributed by atoms with E-state index in [-0.39, 0.29) is 5.56 Å². The first-order valence-electron chi connectivity index (χ1n) is 6.24. The number of nitrogens with zero attached hydrogens (tertiary/aromatic N) is 2. The lowest BCUT2D eigenvalue weighted by Crippen LogP contribution is -2.17. The molecule has 24 heavy (non-hydrogen) atoms. The van der Waals surface area contributed by atoms with Crippen molar-refractivity contribution in [3.63, 3.8) is 0 Å². The Kier molecular flexibility index (Phi) is 4.53. The normalized spacial score (nSPS) is 12.1. The lowest BCUT2D eigenvalue weighted by molar-refractivity contribution is -0.140. The van der Waals surface area contributed by atoms with Crippen molar-refractivity contribution in [3.8, 4) is 0 Å². The molecule has 1 heterocycles. The molecule has 0 saturated heterocycles. The molecule has 11 heteroatoms. The summed E-state index contributed by atoms with van der Waals surface area (Å²) in [5.74, 6) is -13.7. The summed E-state index contributed by atoms with van der Waals surface area (Å²) in [5.41, 5.74) is -1.86. The zero-order chi connectivity index (χ0) is 18.2. The van der Waals surface area contributed by atoms with Crippen molar-refractivity contribution in [1.82, 2.24) is 9.78 Å². The Morgan fingerprint density at radius 3 is 2.08 bits per heavy atom. The molecule has 1 unspecified atom stereocenters. The summed E-state index contributed by atoms with van der Waals surface area (Å²) in [6, 6.07) is -1.14. The topological polar surface area (TPSA) is 84.2 Å². The van der Waals surface area contributed by atoms with Gasteiger partial charge in [-0.15, -0.1) is 0 Å². The monoisotopic (exact) mass is 349 g/mol. The summed E-state index contributed by atoms with van der Waals surface area (Å²) in [5, 5.41) is 13.9. The third kappa shape index (κ3) is 2.92. The highest BCUT2D eigenvalue weighted by atomic mass is 19.2. The summed E-state index contributed by atoms with van der Waals surface area (Å²) in [4.78, 5) is 22.6. The number of nitrogens with one attached hydrogen (secondary N) is 1. The molecule has 0 aliphatic carbocycles. The number of halogens is 5. The van der Waals surface area contributed by atoms with Crippen LogP contribution in [0.4, 0.5) is 27.6 Å². The van der Waals surface area contributed by atoms with Gasteiger partial charge in [-0.3, -0.25) is 9.48 Å². The molecule has 6 nitrogen and oxygen atoms in total. The third-order valence-electron chi connectivity index (χ3n) is 3.07. The highest BCUT2D eigenvalue weighted by Gasteiger charge is 2.27. The van der Waals surface area contributed by atoms with Crippen molar-refractivity contribution < 1.29 is 36.6 Å². The summed E-state index contributed by atoms with van der Waals surface area (Å²) in [6.07, 6.45) is 1.82. The molecule has 0 aliphatic rings. The second-order valence-corrected chi connectivity index (χ2v) is 4.62. The molecule has 0 spiro atoms. The number of amides is 1. The minimum Gasteiger partial charge on any atom is -0.480 e. The van der Waals surface area contributed by atoms with Crippen LogP contribution >= 0.6 is 0 Å². The first kappa shape index (κ1) is 17.4. The molecule has 2 N–H and O–H groups in total. The zero-order valence-electron chi connectivity index (χ0n) is 11.8. The van der Waals surface area contributed by atoms with E-state index < -0.39 is 52.7 Å². The minimum absolute atomic E-state index is 0.341. The van der Waals surface area contributed by atoms with Gasteiger partial charge in [0.15, 0.2) is 23.3 Å². The Hall–Kier alpha value is -2.98. The van der Waals surface area contributed by atoms with Gasteiger partial charge in [0, 0.05) is 6.20 Å². The van der Waals surface area contributed by atoms with Crippen molar-refractivity contribution >= 4 is 17.6 Å². The second-order valence-electron chi connectivity index (χ2n) is 4.62. The second kappa shape index (κ2) is 6.26. The number of benzene rings is 1. The van der Waals surface area contributed by atoms with Gasteiger partial charge < -0.3 is 10.4 Å². The van der Waals surface area contributed by atoms with Gasteiger partial charge in [-0.1, -0.05) is 0 Å². The number of aliphatic carboxylic acids is 1. The standard InChI is InChI=1S/C13H8F5N3O3/c1-4(13(23)24)21-3-5(2-19-21)12(22)20-11-9(17)7(15)6(14)8(16)10(11)18/h2-4H,1H3,(H,20,22)(H,23,24). The van der Waals surface area contributed by atoms with E-state index in [2.05, 4.69) is 5.10 Å². The molecule has 128 valence electrons. The summed E-state index contributed by atoms with van der Waals surface area (Å²) >= 11 is 0. The van der Waals surface area contributed by atoms with Crippen LogP contribution in [0.2, 0.25) is 0 Å². The predicted molar refractivity (Wildman–Crippen MR) is 68.8 cm³/mol. The quantitative estimate of drug-likeness (QED) is 0.505. The van der Waals surface area contributed by atoms with Crippen LogP contribution in [0.15, 0.2) is 12.4 Å². The number of carboxylic acids is 1. The van der Waals surface area contributed by atoms with Crippen LogP contribution in [0, 0.1) is 29.1 Å². The molecule has 2 aromatic rings. The van der Waals surface area contributed by atoms with Crippen molar-refractivity contribution in [3.05, 3.63) is 47.0 Å². The number of aromatic nitrogens is 2. The van der Waals surface area contributed by atoms with Gasteiger partial charge in [0.25, 0.3) is 5.91 Å². The van der Waals surface area contributed by atoms with Gasteiger partial charge in [-0.2, -0.15) is 5.10 Å². The molecule has 0 radical (unpaired) electrons. The molecule has 0 bridgehead atoms. The Balaban J connectivity index is 2.33. The fourth-order valence-electron chi connectivity index (χ4n) is 1.68. The van der Waals surface area contributed by atoms with E-state index in [1.54, 1.807) is 5.32 Å². The van der Waals surface area contributed by atoms with Gasteiger partial charge in [-0.05, 0) is 6.92 Å². The maximum absolute atomic E-state index is 13.5. The Labute approximate surface area is 130 Å². The molecular weight excluding hydrogens is 341 g/mol. The molecule has 0 saturated carbocycles. The van der Waals surface area contributed by atoms with E-state index in [9.17, 15) is 31.5 Å². The number of carbonyl (C=O) groups is 2. The highest BCUT2D eigenvalue weighted by Crippen LogP contribution is 2.27. The van der Waals surface area contributed by atoms with E-state index in [4.69, 9.17) is 5.11 Å². The molecule has 1 atom stereocenters. The number of carboxylic acid groups (broad SMARTS) is 1. The number of anilines is 1. The van der Waals surface area contributed by atoms with E-state index in [1.807, 2.05) is 0 Å². The molecule has 1 aromatic carbocycles. The van der Waals surface area contributed by atoms with Crippen LogP contribution in [-0.4, -0.2) is 26.8 Å². The molecule has 1 amide bonds. The fourth-order valence-corrected chi connectivity index (χ4v) is 1.68. The van der Waals surface area contributed by atoms with Crippen molar-refractivity contribution in [1.29, 1.82) is 0 Å². The minimum atomic E-state index is -2.36. The van der Waals surface area contributed by atoms with Gasteiger partial charge in [0.1, 0.15) is 11.7 Å². The highest BCUT2D eigenvalue weighted by molar-refractivity contribution is 6.04. The number of rotatable bonds is 4. The Morgan fingerprint density at radius 1 is 1.08 bits per heavy atom. The predicted octanol–water partition coefficient (Wildman–Crippen LogP) is 2.48. The van der Waals surface area contributed by atoms with Gasteiger partial charge >= 0.3 is 5.97 Å². The first-order chi connectivity index (χ1) is 11.1. The van der Waals surface area contributed by atoms with Gasteiger partial charge in [0.2, 0.25) is 5.82 Å². The van der Waals surface area contributed by atoms with Crippen LogP contribution in [0.3, 0.4) is 0 Å². The number of hydrogen-bond donors (Lipinski definition) is 2. The SMILES string of the molecule is CC(C(=O)O)n1cc(C(=O)Nc2c(F)c(F)c(F)c(F)c2F)cn1. The first-order valence-corrected chi connectivity index (χ1v) is 6.24. The average Bonchev–Trinajstić information content (AvgIpc) is 3.04. The van der Waals surface area contributed by atoms with Crippen LogP contribution < -0.4 is 5.32 Å². The summed E-state index contributed by atoms with van der Waals surface area (Å²) < 4.78 is 66.9. The number of carbonyl (C=O) groups excluding carboxylic acids is 1. The molecule has 0 aliphatic heterocycles. The maximum Gasteiger partial charge on any atom is 0.328 e. The molecular formula is C13H8F5N3O3. The average molecular weight is 349 g/mol. The third-order valence-corrected chi connectivity index (χ3v) is 3.07. The van der Waals surface area contributed by atoms with Gasteiger partial charge in [0.05, 0.1) is 11.8 Å². The molecule has 0 fully saturated rings. The van der Waals surface area contributed by atoms with E-state index in [0.29, 0.717) is 0 Å². The van der Waals surface area contributed by atoms with Crippen LogP contribution in [0.5, 0.6) is 0 Å². The fraction of sp³-hybridized carbons (Fsp3) is 0.154. The van der Waals surface area contributed by atoms with Crippen molar-refractivity contribution in [2.45, 2.75) is 13.0 Å². The zero-order valence-corrected chi connectivity index (χ0v) is 11.8. The molecule has 2 rings (SSSR count). The lowest BCUT2D eigenvalue weighted by Gasteiger charge is -2.09. The van der Waals surface area contributed by atoms with Crippen molar-refractivity contribution in [2.75, 3.05) is 5.32 Å². The lowest BCUT2D eigenvalue weighted by atomic mass is 10.2. The van der Waals surface area contributed by atoms with Crippen molar-refractivity contribution in [2.24, 2.45) is 0 Å². The largest absolute Gasteiger partial charge is 0.480 e. The molecule has 1 aromatic heterocycles. The summed E-state index contributed by atoms with van der Waals surface area (Å²) in [7, 11) is 0. The maximum atomic E-state index is 13.5. The smallest absolute Gasteiger partial charge is 0.328 e. The van der Waals surface area contributed by atoms with Crippen LogP contribution in [0.1, 0.15) is 23.3 Å². The van der Waals surface area contributed by atoms with Gasteiger partial charge in [-0.25, -0.2) is 26.7 Å². The van der Waals surface area contributed by atoms with E-state index in [1.165, 1.54) is 6.92 Å². The van der Waals surface area contributed by atoms with Crippen LogP contribution in [-0.2, 0) is 4.79 Å².